The Labute approximate surface area is 81.5 Å². The molecule has 0 saturated carbocycles. The summed E-state index contributed by atoms with van der Waals surface area (Å²) in [4.78, 5) is 7.17. The maximum Gasteiger partial charge on any atom is 0.261 e. The Kier molecular flexibility index (Phi) is 3.21. The number of hydrogen-bond acceptors (Lipinski definition) is 3. The van der Waals surface area contributed by atoms with E-state index < -0.39 is 10.1 Å². The van der Waals surface area contributed by atoms with Crippen molar-refractivity contribution in [2.24, 2.45) is 0 Å². The van der Waals surface area contributed by atoms with Gasteiger partial charge in [0, 0.05) is 12.4 Å². The van der Waals surface area contributed by atoms with Gasteiger partial charge >= 0.3 is 0 Å². The van der Waals surface area contributed by atoms with Gasteiger partial charge in [-0.3, -0.25) is 9.54 Å². The van der Waals surface area contributed by atoms with Crippen LogP contribution in [0.5, 0.6) is 0 Å². The van der Waals surface area contributed by atoms with E-state index in [0.29, 0.717) is 6.26 Å². The Morgan fingerprint density at radius 1 is 1.43 bits per heavy atom. The van der Waals surface area contributed by atoms with E-state index in [1.807, 2.05) is 24.4 Å². The van der Waals surface area contributed by atoms with Crippen LogP contribution in [0.25, 0.3) is 11.0 Å². The van der Waals surface area contributed by atoms with Gasteiger partial charge in [-0.1, -0.05) is 0 Å². The van der Waals surface area contributed by atoms with Crippen LogP contribution in [-0.4, -0.2) is 29.2 Å². The molecule has 0 atom stereocenters. The van der Waals surface area contributed by atoms with Crippen molar-refractivity contribution in [1.82, 2.24) is 9.97 Å². The van der Waals surface area contributed by atoms with Gasteiger partial charge in [0.2, 0.25) is 0 Å². The van der Waals surface area contributed by atoms with Crippen molar-refractivity contribution >= 4 is 21.2 Å². The lowest BCUT2D eigenvalue weighted by Gasteiger charge is -1.82. The summed E-state index contributed by atoms with van der Waals surface area (Å²) in [7, 11) is -3.67. The third-order valence-electron chi connectivity index (χ3n) is 1.32. The minimum atomic E-state index is -3.67. The fraction of sp³-hybridized carbons (Fsp3) is 0.125. The predicted molar refractivity (Wildman–Crippen MR) is 53.6 cm³/mol. The lowest BCUT2D eigenvalue weighted by Crippen LogP contribution is -1.88. The molecule has 2 N–H and O–H groups in total. The van der Waals surface area contributed by atoms with E-state index >= 15 is 0 Å². The second-order valence-corrected chi connectivity index (χ2v) is 4.11. The average Bonchev–Trinajstić information content (AvgIpc) is 2.47. The molecule has 0 spiro atoms. The van der Waals surface area contributed by atoms with Crippen LogP contribution in [0.1, 0.15) is 0 Å². The van der Waals surface area contributed by atoms with E-state index in [1.54, 1.807) is 6.20 Å². The van der Waals surface area contributed by atoms with Crippen LogP contribution >= 0.6 is 0 Å². The van der Waals surface area contributed by atoms with Crippen molar-refractivity contribution in [3.63, 3.8) is 0 Å². The molecule has 0 radical (unpaired) electrons. The standard InChI is InChI=1S/C7H6N2.CH4O3S/c1-2-6-7(8-4-1)3-5-9-6;1-5(2,3)4/h1-5,9H;1H3,(H,2,3,4). The lowest BCUT2D eigenvalue weighted by molar-refractivity contribution is 0.490. The van der Waals surface area contributed by atoms with E-state index in [9.17, 15) is 8.42 Å². The summed E-state index contributed by atoms with van der Waals surface area (Å²) in [6.45, 7) is 0. The first kappa shape index (κ1) is 10.7. The molecule has 0 aromatic carbocycles. The predicted octanol–water partition coefficient (Wildman–Crippen LogP) is 1.07. The quantitative estimate of drug-likeness (QED) is 0.642. The molecule has 0 amide bonds. The van der Waals surface area contributed by atoms with E-state index in [1.165, 1.54) is 0 Å². The monoisotopic (exact) mass is 214 g/mol. The highest BCUT2D eigenvalue weighted by Gasteiger charge is 1.88. The Morgan fingerprint density at radius 3 is 2.64 bits per heavy atom. The molecule has 6 heteroatoms. The molecular formula is C8H10N2O3S. The van der Waals surface area contributed by atoms with Crippen LogP contribution in [0.4, 0.5) is 0 Å². The van der Waals surface area contributed by atoms with Gasteiger partial charge in [0.1, 0.15) is 0 Å². The van der Waals surface area contributed by atoms with Gasteiger partial charge in [-0.25, -0.2) is 0 Å². The van der Waals surface area contributed by atoms with Crippen LogP contribution in [0.15, 0.2) is 30.6 Å². The van der Waals surface area contributed by atoms with Crippen molar-refractivity contribution < 1.29 is 13.0 Å². The zero-order valence-electron chi connectivity index (χ0n) is 7.51. The second kappa shape index (κ2) is 4.21. The van der Waals surface area contributed by atoms with E-state index in [2.05, 4.69) is 9.97 Å². The number of aromatic amines is 1. The Bertz CT molecular complexity index is 466. The van der Waals surface area contributed by atoms with E-state index in [4.69, 9.17) is 4.55 Å². The van der Waals surface area contributed by atoms with Crippen LogP contribution < -0.4 is 0 Å². The zero-order valence-corrected chi connectivity index (χ0v) is 8.32. The molecule has 2 aromatic rings. The Hall–Kier alpha value is -1.40. The molecule has 0 saturated heterocycles. The SMILES string of the molecule is CS(=O)(=O)O.c1cnc2cc[nH]c2c1. The van der Waals surface area contributed by atoms with Crippen LogP contribution in [-0.2, 0) is 10.1 Å². The first-order chi connectivity index (χ1) is 6.47. The Morgan fingerprint density at radius 2 is 2.07 bits per heavy atom. The third kappa shape index (κ3) is 4.01. The molecule has 2 heterocycles. The van der Waals surface area contributed by atoms with Crippen molar-refractivity contribution in [2.45, 2.75) is 0 Å². The molecule has 0 aliphatic carbocycles. The topological polar surface area (TPSA) is 83.1 Å². The first-order valence-corrected chi connectivity index (χ1v) is 5.62. The average molecular weight is 214 g/mol. The number of fused-ring (bicyclic) bond motifs is 1. The third-order valence-corrected chi connectivity index (χ3v) is 1.32. The van der Waals surface area contributed by atoms with Crippen LogP contribution in [0, 0.1) is 0 Å². The fourth-order valence-corrected chi connectivity index (χ4v) is 0.883. The van der Waals surface area contributed by atoms with Crippen molar-refractivity contribution in [3.8, 4) is 0 Å². The van der Waals surface area contributed by atoms with Crippen molar-refractivity contribution in [1.29, 1.82) is 0 Å². The molecule has 0 bridgehead atoms. The highest BCUT2D eigenvalue weighted by atomic mass is 32.2. The number of rotatable bonds is 0. The zero-order chi connectivity index (χ0) is 10.6. The molecular weight excluding hydrogens is 204 g/mol. The summed E-state index contributed by atoms with van der Waals surface area (Å²) >= 11 is 0. The van der Waals surface area contributed by atoms with Gasteiger partial charge in [0.15, 0.2) is 0 Å². The van der Waals surface area contributed by atoms with Crippen molar-refractivity contribution in [3.05, 3.63) is 30.6 Å². The molecule has 2 rings (SSSR count). The van der Waals surface area contributed by atoms with Gasteiger partial charge in [0.25, 0.3) is 10.1 Å². The number of pyridine rings is 1. The summed E-state index contributed by atoms with van der Waals surface area (Å²) in [5.41, 5.74) is 2.12. The number of nitrogens with zero attached hydrogens (tertiary/aromatic N) is 1. The van der Waals surface area contributed by atoms with Gasteiger partial charge in [-0.05, 0) is 18.2 Å². The molecule has 5 nitrogen and oxygen atoms in total. The molecule has 0 unspecified atom stereocenters. The van der Waals surface area contributed by atoms with Gasteiger partial charge < -0.3 is 4.98 Å². The molecule has 14 heavy (non-hydrogen) atoms. The minimum Gasteiger partial charge on any atom is -0.360 e. The lowest BCUT2D eigenvalue weighted by atomic mass is 10.4. The number of H-pyrrole nitrogens is 1. The molecule has 0 aliphatic rings. The summed E-state index contributed by atoms with van der Waals surface area (Å²) in [6.07, 6.45) is 4.39. The largest absolute Gasteiger partial charge is 0.360 e. The smallest absolute Gasteiger partial charge is 0.261 e. The molecule has 0 fully saturated rings. The summed E-state index contributed by atoms with van der Waals surface area (Å²) in [5, 5.41) is 0. The summed E-state index contributed by atoms with van der Waals surface area (Å²) in [6, 6.07) is 5.87. The number of nitrogens with one attached hydrogen (secondary N) is 1. The maximum atomic E-state index is 9.19. The van der Waals surface area contributed by atoms with E-state index in [-0.39, 0.29) is 0 Å². The molecule has 2 aromatic heterocycles. The number of hydrogen-bond donors (Lipinski definition) is 2. The highest BCUT2D eigenvalue weighted by Crippen LogP contribution is 2.05. The number of aromatic nitrogens is 2. The van der Waals surface area contributed by atoms with Crippen molar-refractivity contribution in [2.75, 3.05) is 6.26 Å². The van der Waals surface area contributed by atoms with Crippen LogP contribution in [0.2, 0.25) is 0 Å². The molecule has 76 valence electrons. The second-order valence-electron chi connectivity index (χ2n) is 2.65. The molecule has 0 aliphatic heterocycles. The Balaban J connectivity index is 0.000000171. The minimum absolute atomic E-state index is 0.715. The van der Waals surface area contributed by atoms with E-state index in [0.717, 1.165) is 11.0 Å². The van der Waals surface area contributed by atoms with Gasteiger partial charge in [-0.15, -0.1) is 0 Å². The van der Waals surface area contributed by atoms with Crippen LogP contribution in [0.3, 0.4) is 0 Å². The fourth-order valence-electron chi connectivity index (χ4n) is 0.883. The first-order valence-electron chi connectivity index (χ1n) is 3.77. The highest BCUT2D eigenvalue weighted by molar-refractivity contribution is 7.85. The maximum absolute atomic E-state index is 9.19. The van der Waals surface area contributed by atoms with Gasteiger partial charge in [-0.2, -0.15) is 8.42 Å². The van der Waals surface area contributed by atoms with Gasteiger partial charge in [0.05, 0.1) is 17.3 Å². The normalized spacial score (nSPS) is 10.7. The summed E-state index contributed by atoms with van der Waals surface area (Å²) in [5.74, 6) is 0. The summed E-state index contributed by atoms with van der Waals surface area (Å²) < 4.78 is 25.9.